The highest BCUT2D eigenvalue weighted by Crippen LogP contribution is 2.33. The summed E-state index contributed by atoms with van der Waals surface area (Å²) in [5, 5.41) is 3.54. The highest BCUT2D eigenvalue weighted by Gasteiger charge is 2.27. The van der Waals surface area contributed by atoms with E-state index in [9.17, 15) is 0 Å². The van der Waals surface area contributed by atoms with Crippen LogP contribution < -0.4 is 5.32 Å². The third-order valence-corrected chi connectivity index (χ3v) is 4.78. The summed E-state index contributed by atoms with van der Waals surface area (Å²) in [5.41, 5.74) is 2.87. The summed E-state index contributed by atoms with van der Waals surface area (Å²) in [5.74, 6) is 0.701. The first-order valence-corrected chi connectivity index (χ1v) is 7.95. The summed E-state index contributed by atoms with van der Waals surface area (Å²) < 4.78 is 0. The van der Waals surface area contributed by atoms with Crippen LogP contribution in [0.5, 0.6) is 0 Å². The Morgan fingerprint density at radius 3 is 3.00 bits per heavy atom. The number of hydrogen-bond donors (Lipinski definition) is 1. The highest BCUT2D eigenvalue weighted by molar-refractivity contribution is 5.57. The number of benzene rings is 1. The lowest BCUT2D eigenvalue weighted by Gasteiger charge is -2.27. The molecule has 3 nitrogen and oxygen atoms in total. The standard InChI is InChI=1S/C17H27N3/c1-19(2)13-15-6-5-10-20(15)11-9-14-12-18-17-8-4-3-7-16(14)17/h3-4,7-8,14-15,18H,5-6,9-13H2,1-2H3. The Hall–Kier alpha value is -1.06. The predicted molar refractivity (Wildman–Crippen MR) is 85.4 cm³/mol. The summed E-state index contributed by atoms with van der Waals surface area (Å²) in [6.45, 7) is 4.87. The Morgan fingerprint density at radius 2 is 2.15 bits per heavy atom. The SMILES string of the molecule is CN(C)CC1CCCN1CCC1CNc2ccccc21. The molecule has 1 fully saturated rings. The molecule has 2 atom stereocenters. The van der Waals surface area contributed by atoms with E-state index in [0.717, 1.165) is 12.6 Å². The molecule has 0 spiro atoms. The van der Waals surface area contributed by atoms with Gasteiger partial charge in [-0.05, 0) is 58.1 Å². The zero-order chi connectivity index (χ0) is 13.9. The van der Waals surface area contributed by atoms with Gasteiger partial charge in [-0.3, -0.25) is 4.90 Å². The van der Waals surface area contributed by atoms with Crippen molar-refractivity contribution in [1.29, 1.82) is 0 Å². The largest absolute Gasteiger partial charge is 0.384 e. The molecule has 110 valence electrons. The van der Waals surface area contributed by atoms with E-state index in [0.29, 0.717) is 5.92 Å². The zero-order valence-corrected chi connectivity index (χ0v) is 12.8. The van der Waals surface area contributed by atoms with Gasteiger partial charge in [-0.15, -0.1) is 0 Å². The summed E-state index contributed by atoms with van der Waals surface area (Å²) in [4.78, 5) is 5.04. The fourth-order valence-corrected chi connectivity index (χ4v) is 3.75. The second kappa shape index (κ2) is 6.15. The lowest BCUT2D eigenvalue weighted by Crippen LogP contribution is -2.38. The van der Waals surface area contributed by atoms with Crippen LogP contribution in [0.15, 0.2) is 24.3 Å². The molecule has 2 unspecified atom stereocenters. The highest BCUT2D eigenvalue weighted by atomic mass is 15.2. The summed E-state index contributed by atoms with van der Waals surface area (Å²) in [7, 11) is 4.38. The normalized spacial score (nSPS) is 25.9. The van der Waals surface area contributed by atoms with Crippen LogP contribution in [0, 0.1) is 0 Å². The molecule has 3 rings (SSSR count). The molecule has 3 heteroatoms. The van der Waals surface area contributed by atoms with Crippen molar-refractivity contribution in [3.63, 3.8) is 0 Å². The molecule has 2 aliphatic heterocycles. The molecular weight excluding hydrogens is 246 g/mol. The summed E-state index contributed by atoms with van der Waals surface area (Å²) in [6, 6.07) is 9.57. The summed E-state index contributed by atoms with van der Waals surface area (Å²) in [6.07, 6.45) is 4.03. The molecule has 0 radical (unpaired) electrons. The molecule has 2 aliphatic rings. The average molecular weight is 273 g/mol. The smallest absolute Gasteiger partial charge is 0.0376 e. The van der Waals surface area contributed by atoms with Crippen LogP contribution in [0.2, 0.25) is 0 Å². The van der Waals surface area contributed by atoms with Gasteiger partial charge >= 0.3 is 0 Å². The maximum absolute atomic E-state index is 3.54. The van der Waals surface area contributed by atoms with Crippen LogP contribution in [0.4, 0.5) is 5.69 Å². The van der Waals surface area contributed by atoms with E-state index in [1.165, 1.54) is 50.1 Å². The third kappa shape index (κ3) is 2.99. The van der Waals surface area contributed by atoms with E-state index >= 15 is 0 Å². The zero-order valence-electron chi connectivity index (χ0n) is 12.8. The number of hydrogen-bond acceptors (Lipinski definition) is 3. The number of para-hydroxylation sites is 1. The number of likely N-dealkylation sites (N-methyl/N-ethyl adjacent to an activating group) is 1. The Labute approximate surface area is 123 Å². The molecular formula is C17H27N3. The lowest BCUT2D eigenvalue weighted by atomic mass is 9.97. The fourth-order valence-electron chi connectivity index (χ4n) is 3.75. The molecule has 1 N–H and O–H groups in total. The van der Waals surface area contributed by atoms with Gasteiger partial charge in [0.2, 0.25) is 0 Å². The van der Waals surface area contributed by atoms with Crippen molar-refractivity contribution in [3.05, 3.63) is 29.8 Å². The maximum Gasteiger partial charge on any atom is 0.0376 e. The van der Waals surface area contributed by atoms with Gasteiger partial charge in [0.05, 0.1) is 0 Å². The molecule has 0 aliphatic carbocycles. The third-order valence-electron chi connectivity index (χ3n) is 4.78. The molecule has 0 amide bonds. The molecule has 1 aromatic carbocycles. The minimum absolute atomic E-state index is 0.701. The Morgan fingerprint density at radius 1 is 1.30 bits per heavy atom. The van der Waals surface area contributed by atoms with Gasteiger partial charge in [0.15, 0.2) is 0 Å². The van der Waals surface area contributed by atoms with Crippen LogP contribution in [0.1, 0.15) is 30.7 Å². The van der Waals surface area contributed by atoms with E-state index < -0.39 is 0 Å². The van der Waals surface area contributed by atoms with Gasteiger partial charge in [0, 0.05) is 30.7 Å². The van der Waals surface area contributed by atoms with E-state index in [1.807, 2.05) is 0 Å². The average Bonchev–Trinajstić information content (AvgIpc) is 3.02. The van der Waals surface area contributed by atoms with Crippen molar-refractivity contribution in [2.24, 2.45) is 0 Å². The molecule has 0 aromatic heterocycles. The topological polar surface area (TPSA) is 18.5 Å². The minimum Gasteiger partial charge on any atom is -0.384 e. The van der Waals surface area contributed by atoms with Crippen LogP contribution in [0.3, 0.4) is 0 Å². The Balaban J connectivity index is 1.55. The van der Waals surface area contributed by atoms with Gasteiger partial charge < -0.3 is 10.2 Å². The second-order valence-electron chi connectivity index (χ2n) is 6.55. The molecule has 1 aromatic rings. The first-order chi connectivity index (χ1) is 9.74. The predicted octanol–water partition coefficient (Wildman–Crippen LogP) is 2.61. The van der Waals surface area contributed by atoms with Gasteiger partial charge in [-0.2, -0.15) is 0 Å². The number of nitrogens with one attached hydrogen (secondary N) is 1. The first-order valence-electron chi connectivity index (χ1n) is 7.95. The minimum atomic E-state index is 0.701. The van der Waals surface area contributed by atoms with E-state index in [2.05, 4.69) is 53.5 Å². The van der Waals surface area contributed by atoms with Gasteiger partial charge in [0.25, 0.3) is 0 Å². The molecule has 20 heavy (non-hydrogen) atoms. The van der Waals surface area contributed by atoms with Gasteiger partial charge in [-0.1, -0.05) is 18.2 Å². The van der Waals surface area contributed by atoms with Gasteiger partial charge in [-0.25, -0.2) is 0 Å². The lowest BCUT2D eigenvalue weighted by molar-refractivity contribution is 0.203. The van der Waals surface area contributed by atoms with Crippen molar-refractivity contribution in [2.75, 3.05) is 45.6 Å². The van der Waals surface area contributed by atoms with E-state index in [4.69, 9.17) is 0 Å². The van der Waals surface area contributed by atoms with Gasteiger partial charge in [0.1, 0.15) is 0 Å². The van der Waals surface area contributed by atoms with E-state index in [1.54, 1.807) is 0 Å². The Bertz CT molecular complexity index is 444. The fraction of sp³-hybridized carbons (Fsp3) is 0.647. The Kier molecular flexibility index (Phi) is 4.27. The first kappa shape index (κ1) is 13.9. The number of fused-ring (bicyclic) bond motifs is 1. The van der Waals surface area contributed by atoms with Crippen LogP contribution in [0.25, 0.3) is 0 Å². The van der Waals surface area contributed by atoms with Crippen molar-refractivity contribution < 1.29 is 0 Å². The van der Waals surface area contributed by atoms with Crippen molar-refractivity contribution >= 4 is 5.69 Å². The second-order valence-corrected chi connectivity index (χ2v) is 6.55. The van der Waals surface area contributed by atoms with Crippen molar-refractivity contribution in [3.8, 4) is 0 Å². The molecule has 2 heterocycles. The number of rotatable bonds is 5. The van der Waals surface area contributed by atoms with Crippen LogP contribution >= 0.6 is 0 Å². The maximum atomic E-state index is 3.54. The molecule has 0 bridgehead atoms. The quantitative estimate of drug-likeness (QED) is 0.889. The van der Waals surface area contributed by atoms with E-state index in [-0.39, 0.29) is 0 Å². The van der Waals surface area contributed by atoms with Crippen molar-refractivity contribution in [1.82, 2.24) is 9.80 Å². The monoisotopic (exact) mass is 273 g/mol. The van der Waals surface area contributed by atoms with Crippen LogP contribution in [-0.2, 0) is 0 Å². The van der Waals surface area contributed by atoms with Crippen LogP contribution in [-0.4, -0.2) is 56.1 Å². The van der Waals surface area contributed by atoms with Crippen molar-refractivity contribution in [2.45, 2.75) is 31.2 Å². The number of nitrogens with zero attached hydrogens (tertiary/aromatic N) is 2. The number of anilines is 1. The molecule has 1 saturated heterocycles. The number of likely N-dealkylation sites (tertiary alicyclic amines) is 1. The summed E-state index contributed by atoms with van der Waals surface area (Å²) >= 11 is 0. The molecule has 0 saturated carbocycles.